The summed E-state index contributed by atoms with van der Waals surface area (Å²) in [5.41, 5.74) is 0.103. The predicted octanol–water partition coefficient (Wildman–Crippen LogP) is 1.96. The Hall–Kier alpha value is -2.37. The lowest BCUT2D eigenvalue weighted by Gasteiger charge is -2.28. The van der Waals surface area contributed by atoms with Gasteiger partial charge in [-0.1, -0.05) is 13.8 Å². The Kier molecular flexibility index (Phi) is 4.96. The zero-order valence-electron chi connectivity index (χ0n) is 14.6. The molecule has 1 saturated heterocycles. The van der Waals surface area contributed by atoms with Crippen molar-refractivity contribution in [2.75, 3.05) is 27.2 Å². The molecule has 1 aromatic carbocycles. The van der Waals surface area contributed by atoms with E-state index in [4.69, 9.17) is 0 Å². The van der Waals surface area contributed by atoms with Crippen LogP contribution in [0.25, 0.3) is 0 Å². The van der Waals surface area contributed by atoms with Gasteiger partial charge < -0.3 is 14.9 Å². The van der Waals surface area contributed by atoms with E-state index < -0.39 is 11.4 Å². The van der Waals surface area contributed by atoms with Gasteiger partial charge >= 0.3 is 5.97 Å². The van der Waals surface area contributed by atoms with Gasteiger partial charge in [-0.15, -0.1) is 0 Å². The Morgan fingerprint density at radius 2 is 1.67 bits per heavy atom. The minimum absolute atomic E-state index is 0.0483. The van der Waals surface area contributed by atoms with Gasteiger partial charge in [-0.3, -0.25) is 14.4 Å². The second-order valence-electron chi connectivity index (χ2n) is 6.87. The number of carboxylic acid groups (broad SMARTS) is 1. The fourth-order valence-corrected chi connectivity index (χ4v) is 3.10. The number of nitrogens with zero attached hydrogens (tertiary/aromatic N) is 2. The quantitative estimate of drug-likeness (QED) is 0.914. The van der Waals surface area contributed by atoms with Crippen LogP contribution in [0.3, 0.4) is 0 Å². The summed E-state index contributed by atoms with van der Waals surface area (Å²) in [7, 11) is 3.34. The van der Waals surface area contributed by atoms with Crippen LogP contribution in [0.1, 0.15) is 41.0 Å². The average Bonchev–Trinajstić information content (AvgIpc) is 3.00. The zero-order chi connectivity index (χ0) is 18.1. The summed E-state index contributed by atoms with van der Waals surface area (Å²) in [6.07, 6.45) is 0.461. The normalized spacial score (nSPS) is 20.3. The first-order valence-electron chi connectivity index (χ1n) is 8.03. The number of carbonyl (C=O) groups is 3. The molecular formula is C18H24N2O4. The van der Waals surface area contributed by atoms with Crippen LogP contribution in [0.4, 0.5) is 0 Å². The van der Waals surface area contributed by atoms with E-state index in [2.05, 4.69) is 0 Å². The Labute approximate surface area is 142 Å². The van der Waals surface area contributed by atoms with Crippen molar-refractivity contribution in [1.82, 2.24) is 9.80 Å². The number of hydrogen-bond acceptors (Lipinski definition) is 3. The predicted molar refractivity (Wildman–Crippen MR) is 89.9 cm³/mol. The highest BCUT2D eigenvalue weighted by molar-refractivity contribution is 5.98. The first-order chi connectivity index (χ1) is 11.2. The maximum Gasteiger partial charge on any atom is 0.311 e. The van der Waals surface area contributed by atoms with Crippen LogP contribution in [0.5, 0.6) is 0 Å². The smallest absolute Gasteiger partial charge is 0.311 e. The largest absolute Gasteiger partial charge is 0.481 e. The molecule has 1 heterocycles. The van der Waals surface area contributed by atoms with Crippen molar-refractivity contribution in [3.8, 4) is 0 Å². The fraction of sp³-hybridized carbons (Fsp3) is 0.500. The van der Waals surface area contributed by atoms with E-state index in [0.717, 1.165) is 0 Å². The molecular weight excluding hydrogens is 308 g/mol. The molecule has 1 fully saturated rings. The Morgan fingerprint density at radius 1 is 1.12 bits per heavy atom. The highest BCUT2D eigenvalue weighted by Crippen LogP contribution is 2.38. The average molecular weight is 332 g/mol. The molecule has 2 amide bonds. The van der Waals surface area contributed by atoms with Crippen LogP contribution < -0.4 is 0 Å². The van der Waals surface area contributed by atoms with Gasteiger partial charge in [-0.2, -0.15) is 0 Å². The second-order valence-corrected chi connectivity index (χ2v) is 6.87. The first kappa shape index (κ1) is 18.0. The summed E-state index contributed by atoms with van der Waals surface area (Å²) < 4.78 is 0. The number of carbonyl (C=O) groups excluding carboxylic acids is 2. The standard InChI is InChI=1S/C18H24N2O4/c1-12(2)18(17(23)24)9-10-20(11-18)16(22)14-7-5-13(6-8-14)15(21)19(3)4/h5-8,12H,9-11H2,1-4H3,(H,23,24). The summed E-state index contributed by atoms with van der Waals surface area (Å²) in [6.45, 7) is 4.41. The number of benzene rings is 1. The minimum atomic E-state index is -0.878. The highest BCUT2D eigenvalue weighted by atomic mass is 16.4. The van der Waals surface area contributed by atoms with Crippen molar-refractivity contribution in [3.63, 3.8) is 0 Å². The molecule has 2 rings (SSSR count). The number of rotatable bonds is 4. The molecule has 0 aliphatic carbocycles. The number of hydrogen-bond donors (Lipinski definition) is 1. The third-order valence-corrected chi connectivity index (χ3v) is 4.90. The molecule has 1 aromatic rings. The SMILES string of the molecule is CC(C)C1(C(=O)O)CCN(C(=O)c2ccc(C(=O)N(C)C)cc2)C1. The number of aliphatic carboxylic acids is 1. The van der Waals surface area contributed by atoms with Crippen molar-refractivity contribution in [3.05, 3.63) is 35.4 Å². The number of carboxylic acids is 1. The monoisotopic (exact) mass is 332 g/mol. The molecule has 0 bridgehead atoms. The molecule has 24 heavy (non-hydrogen) atoms. The lowest BCUT2D eigenvalue weighted by Crippen LogP contribution is -2.40. The highest BCUT2D eigenvalue weighted by Gasteiger charge is 2.48. The molecule has 0 saturated carbocycles. The molecule has 6 heteroatoms. The molecule has 1 N–H and O–H groups in total. The van der Waals surface area contributed by atoms with E-state index in [1.807, 2.05) is 13.8 Å². The van der Waals surface area contributed by atoms with Gasteiger partial charge in [0.2, 0.25) is 0 Å². The topological polar surface area (TPSA) is 77.9 Å². The lowest BCUT2D eigenvalue weighted by atomic mass is 9.76. The van der Waals surface area contributed by atoms with Crippen molar-refractivity contribution >= 4 is 17.8 Å². The summed E-state index contributed by atoms with van der Waals surface area (Å²) in [6, 6.07) is 6.49. The maximum atomic E-state index is 12.6. The van der Waals surface area contributed by atoms with Gasteiger partial charge in [0, 0.05) is 38.3 Å². The molecule has 1 aliphatic heterocycles. The van der Waals surface area contributed by atoms with Gasteiger partial charge in [0.25, 0.3) is 11.8 Å². The van der Waals surface area contributed by atoms with Crippen LogP contribution in [-0.4, -0.2) is 59.9 Å². The molecule has 0 radical (unpaired) electrons. The van der Waals surface area contributed by atoms with Crippen molar-refractivity contribution in [2.24, 2.45) is 11.3 Å². The molecule has 6 nitrogen and oxygen atoms in total. The van der Waals surface area contributed by atoms with E-state index in [1.54, 1.807) is 43.3 Å². The number of amides is 2. The van der Waals surface area contributed by atoms with Crippen LogP contribution in [0, 0.1) is 11.3 Å². The van der Waals surface area contributed by atoms with Crippen LogP contribution in [0.15, 0.2) is 24.3 Å². The molecule has 0 aromatic heterocycles. The molecule has 1 atom stereocenters. The van der Waals surface area contributed by atoms with Gasteiger partial charge in [-0.25, -0.2) is 0 Å². The van der Waals surface area contributed by atoms with Gasteiger partial charge in [0.15, 0.2) is 0 Å². The van der Waals surface area contributed by atoms with E-state index in [0.29, 0.717) is 24.1 Å². The summed E-state index contributed by atoms with van der Waals surface area (Å²) >= 11 is 0. The van der Waals surface area contributed by atoms with E-state index >= 15 is 0 Å². The third kappa shape index (κ3) is 3.13. The maximum absolute atomic E-state index is 12.6. The lowest BCUT2D eigenvalue weighted by molar-refractivity contribution is -0.150. The Bertz CT molecular complexity index is 651. The van der Waals surface area contributed by atoms with Crippen molar-refractivity contribution in [2.45, 2.75) is 20.3 Å². The second kappa shape index (κ2) is 6.63. The Balaban J connectivity index is 2.16. The number of likely N-dealkylation sites (tertiary alicyclic amines) is 1. The summed E-state index contributed by atoms with van der Waals surface area (Å²) in [4.78, 5) is 39.3. The van der Waals surface area contributed by atoms with Gasteiger partial charge in [0.05, 0.1) is 5.41 Å². The van der Waals surface area contributed by atoms with E-state index in [-0.39, 0.29) is 24.3 Å². The van der Waals surface area contributed by atoms with Gasteiger partial charge in [0.1, 0.15) is 0 Å². The fourth-order valence-electron chi connectivity index (χ4n) is 3.10. The summed E-state index contributed by atoms with van der Waals surface area (Å²) in [5.74, 6) is -1.21. The van der Waals surface area contributed by atoms with Crippen LogP contribution in [0.2, 0.25) is 0 Å². The van der Waals surface area contributed by atoms with E-state index in [9.17, 15) is 19.5 Å². The third-order valence-electron chi connectivity index (χ3n) is 4.90. The van der Waals surface area contributed by atoms with Crippen molar-refractivity contribution in [1.29, 1.82) is 0 Å². The molecule has 130 valence electrons. The zero-order valence-corrected chi connectivity index (χ0v) is 14.6. The Morgan fingerprint density at radius 3 is 2.08 bits per heavy atom. The van der Waals surface area contributed by atoms with Crippen LogP contribution >= 0.6 is 0 Å². The van der Waals surface area contributed by atoms with E-state index in [1.165, 1.54) is 4.90 Å². The molecule has 1 aliphatic rings. The van der Waals surface area contributed by atoms with Gasteiger partial charge in [-0.05, 0) is 36.6 Å². The summed E-state index contributed by atoms with van der Waals surface area (Å²) in [5, 5.41) is 9.57. The molecule has 0 spiro atoms. The molecule has 1 unspecified atom stereocenters. The van der Waals surface area contributed by atoms with Crippen LogP contribution in [-0.2, 0) is 4.79 Å². The first-order valence-corrected chi connectivity index (χ1v) is 8.03. The van der Waals surface area contributed by atoms with Crippen molar-refractivity contribution < 1.29 is 19.5 Å². The minimum Gasteiger partial charge on any atom is -0.481 e.